The van der Waals surface area contributed by atoms with Gasteiger partial charge in [-0.05, 0) is 24.3 Å². The van der Waals surface area contributed by atoms with Crippen molar-refractivity contribution in [1.29, 1.82) is 0 Å². The highest BCUT2D eigenvalue weighted by atomic mass is 19.1. The van der Waals surface area contributed by atoms with Crippen LogP contribution in [0.25, 0.3) is 28.6 Å². The number of carboxylic acid groups (broad SMARTS) is 1. The molecule has 1 saturated heterocycles. The number of carboxylic acids is 1. The number of nitrogens with zero attached hydrogens (tertiary/aromatic N) is 1. The number of hydrogen-bond acceptors (Lipinski definition) is 9. The molecule has 1 aliphatic rings. The molecule has 1 aliphatic heterocycles. The lowest BCUT2D eigenvalue weighted by Gasteiger charge is -2.38. The molecule has 2 aromatic carbocycles. The van der Waals surface area contributed by atoms with E-state index in [2.05, 4.69) is 11.6 Å². The van der Waals surface area contributed by atoms with Crippen molar-refractivity contribution in [3.05, 3.63) is 48.3 Å². The summed E-state index contributed by atoms with van der Waals surface area (Å²) in [4.78, 5) is 15.5. The van der Waals surface area contributed by atoms with Gasteiger partial charge in [0.15, 0.2) is 23.3 Å². The van der Waals surface area contributed by atoms with Gasteiger partial charge in [0.2, 0.25) is 12.2 Å². The molecule has 0 amide bonds. The number of carbonyl (C=O) groups is 1. The minimum Gasteiger partial charge on any atom is -0.505 e. The summed E-state index contributed by atoms with van der Waals surface area (Å²) < 4.78 is 30.1. The van der Waals surface area contributed by atoms with Crippen LogP contribution in [0.3, 0.4) is 0 Å². The minimum absolute atomic E-state index is 0.0533. The monoisotopic (exact) mass is 447 g/mol. The Bertz CT molecular complexity index is 1190. The lowest BCUT2D eigenvalue weighted by molar-refractivity contribution is -0.271. The van der Waals surface area contributed by atoms with Gasteiger partial charge in [0, 0.05) is 17.2 Å². The summed E-state index contributed by atoms with van der Waals surface area (Å²) in [6, 6.07) is 6.47. The molecular formula is C21H18FNO9. The average Bonchev–Trinajstić information content (AvgIpc) is 3.19. The number of aromatic hydroxyl groups is 1. The molecule has 168 valence electrons. The molecule has 10 nitrogen and oxygen atoms in total. The van der Waals surface area contributed by atoms with Gasteiger partial charge in [0.1, 0.15) is 29.6 Å². The number of aliphatic hydroxyl groups excluding tert-OH is 3. The van der Waals surface area contributed by atoms with E-state index >= 15 is 0 Å². The fraction of sp³-hybridized carbons (Fsp3) is 0.238. The van der Waals surface area contributed by atoms with Crippen LogP contribution >= 0.6 is 0 Å². The Morgan fingerprint density at radius 1 is 1.16 bits per heavy atom. The topological polar surface area (TPSA) is 163 Å². The predicted molar refractivity (Wildman–Crippen MR) is 106 cm³/mol. The summed E-state index contributed by atoms with van der Waals surface area (Å²) in [5.41, 5.74) is 1.24. The number of fused-ring (bicyclic) bond motifs is 1. The van der Waals surface area contributed by atoms with Gasteiger partial charge in [-0.15, -0.1) is 0 Å². The fourth-order valence-electron chi connectivity index (χ4n) is 3.30. The number of aliphatic carboxylic acids is 1. The molecule has 0 aliphatic carbocycles. The Kier molecular flexibility index (Phi) is 5.57. The SMILES string of the molecule is C=Cc1cc(OC2O[C@H](C(=O)O)[C@@H](O)[C@H](O)[C@H]2O)cc2nc(-c3ccc(O)c(F)c3)oc12. The molecule has 0 bridgehead atoms. The second kappa shape index (κ2) is 8.20. The second-order valence-corrected chi connectivity index (χ2v) is 7.10. The van der Waals surface area contributed by atoms with Crippen LogP contribution in [0.5, 0.6) is 11.5 Å². The van der Waals surface area contributed by atoms with Crippen molar-refractivity contribution in [2.24, 2.45) is 0 Å². The van der Waals surface area contributed by atoms with Crippen LogP contribution < -0.4 is 4.74 Å². The number of rotatable bonds is 5. The van der Waals surface area contributed by atoms with Gasteiger partial charge in [-0.1, -0.05) is 12.7 Å². The minimum atomic E-state index is -1.85. The third-order valence-electron chi connectivity index (χ3n) is 4.97. The van der Waals surface area contributed by atoms with Crippen molar-refractivity contribution in [1.82, 2.24) is 4.98 Å². The van der Waals surface area contributed by atoms with Crippen LogP contribution in [0, 0.1) is 5.82 Å². The number of aliphatic hydroxyl groups is 3. The van der Waals surface area contributed by atoms with E-state index < -0.39 is 48.2 Å². The zero-order valence-electron chi connectivity index (χ0n) is 16.3. The maximum Gasteiger partial charge on any atom is 0.335 e. The molecule has 1 aromatic heterocycles. The standard InChI is InChI=1S/C21H18FNO9/c1-2-8-5-10(30-21-16(27)14(25)15(26)18(32-21)20(28)29)7-12-17(8)31-19(23-12)9-3-4-13(24)11(22)6-9/h2-7,14-16,18,21,24-27H,1H2,(H,28,29)/t14-,15-,16+,18-,21?/m0/s1. The molecule has 3 aromatic rings. The Balaban J connectivity index is 1.68. The first kappa shape index (κ1) is 21.7. The predicted octanol–water partition coefficient (Wildman–Crippen LogP) is 1.25. The first-order valence-corrected chi connectivity index (χ1v) is 9.34. The van der Waals surface area contributed by atoms with Crippen molar-refractivity contribution >= 4 is 23.1 Å². The summed E-state index contributed by atoms with van der Waals surface area (Å²) in [6.45, 7) is 3.68. The smallest absolute Gasteiger partial charge is 0.335 e. The zero-order valence-corrected chi connectivity index (χ0v) is 16.3. The van der Waals surface area contributed by atoms with Crippen LogP contribution in [0.2, 0.25) is 0 Å². The van der Waals surface area contributed by atoms with Gasteiger partial charge >= 0.3 is 5.97 Å². The van der Waals surface area contributed by atoms with E-state index in [1.54, 1.807) is 0 Å². The van der Waals surface area contributed by atoms with Crippen LogP contribution in [-0.2, 0) is 9.53 Å². The van der Waals surface area contributed by atoms with Gasteiger partial charge in [0.25, 0.3) is 0 Å². The van der Waals surface area contributed by atoms with E-state index in [1.165, 1.54) is 24.3 Å². The van der Waals surface area contributed by atoms with Gasteiger partial charge in [-0.2, -0.15) is 0 Å². The molecule has 32 heavy (non-hydrogen) atoms. The van der Waals surface area contributed by atoms with E-state index in [-0.39, 0.29) is 22.7 Å². The maximum absolute atomic E-state index is 13.7. The van der Waals surface area contributed by atoms with Gasteiger partial charge < -0.3 is 39.4 Å². The summed E-state index contributed by atoms with van der Waals surface area (Å²) in [5, 5.41) is 48.4. The number of aromatic nitrogens is 1. The quantitative estimate of drug-likeness (QED) is 0.385. The molecule has 0 radical (unpaired) electrons. The molecule has 11 heteroatoms. The highest BCUT2D eigenvalue weighted by molar-refractivity contribution is 5.86. The summed E-state index contributed by atoms with van der Waals surface area (Å²) in [5.74, 6) is -2.79. The second-order valence-electron chi connectivity index (χ2n) is 7.10. The van der Waals surface area contributed by atoms with Gasteiger partial charge in [-0.25, -0.2) is 14.2 Å². The highest BCUT2D eigenvalue weighted by Crippen LogP contribution is 2.33. The Labute approximate surface area is 179 Å². The Hall–Kier alpha value is -3.51. The van der Waals surface area contributed by atoms with Crippen molar-refractivity contribution < 1.29 is 48.6 Å². The molecule has 0 spiro atoms. The number of phenolic OH excluding ortho intramolecular Hbond substituents is 1. The van der Waals surface area contributed by atoms with Gasteiger partial charge in [0.05, 0.1) is 0 Å². The van der Waals surface area contributed by atoms with Crippen molar-refractivity contribution in [3.63, 3.8) is 0 Å². The molecule has 4 rings (SSSR count). The molecule has 1 fully saturated rings. The van der Waals surface area contributed by atoms with Crippen LogP contribution in [0.4, 0.5) is 4.39 Å². The van der Waals surface area contributed by atoms with Crippen molar-refractivity contribution in [2.75, 3.05) is 0 Å². The Morgan fingerprint density at radius 2 is 1.91 bits per heavy atom. The largest absolute Gasteiger partial charge is 0.505 e. The average molecular weight is 447 g/mol. The number of ether oxygens (including phenoxy) is 2. The van der Waals surface area contributed by atoms with E-state index in [1.807, 2.05) is 0 Å². The van der Waals surface area contributed by atoms with Crippen molar-refractivity contribution in [3.8, 4) is 23.0 Å². The summed E-state index contributed by atoms with van der Waals surface area (Å²) in [7, 11) is 0. The number of hydrogen-bond donors (Lipinski definition) is 5. The number of oxazole rings is 1. The third kappa shape index (κ3) is 3.78. The summed E-state index contributed by atoms with van der Waals surface area (Å²) in [6.07, 6.45) is -7.40. The van der Waals surface area contributed by atoms with E-state index in [4.69, 9.17) is 19.0 Å². The van der Waals surface area contributed by atoms with E-state index in [0.717, 1.165) is 12.1 Å². The highest BCUT2D eigenvalue weighted by Gasteiger charge is 2.48. The molecule has 0 saturated carbocycles. The first-order valence-electron chi connectivity index (χ1n) is 9.34. The van der Waals surface area contributed by atoms with E-state index in [9.17, 15) is 29.6 Å². The van der Waals surface area contributed by atoms with Crippen molar-refractivity contribution in [2.45, 2.75) is 30.7 Å². The maximum atomic E-state index is 13.7. The normalized spacial score (nSPS) is 25.6. The van der Waals surface area contributed by atoms with Crippen LogP contribution in [0.1, 0.15) is 5.56 Å². The molecular weight excluding hydrogens is 429 g/mol. The summed E-state index contributed by atoms with van der Waals surface area (Å²) >= 11 is 0. The molecule has 5 N–H and O–H groups in total. The number of phenols is 1. The first-order chi connectivity index (χ1) is 15.2. The number of benzene rings is 2. The van der Waals surface area contributed by atoms with Gasteiger partial charge in [-0.3, -0.25) is 0 Å². The van der Waals surface area contributed by atoms with E-state index in [0.29, 0.717) is 11.1 Å². The zero-order chi connectivity index (χ0) is 23.2. The molecule has 5 atom stereocenters. The lowest BCUT2D eigenvalue weighted by Crippen LogP contribution is -2.61. The molecule has 2 heterocycles. The lowest BCUT2D eigenvalue weighted by atomic mass is 9.99. The molecule has 1 unspecified atom stereocenters. The number of halogens is 1. The van der Waals surface area contributed by atoms with Crippen LogP contribution in [0.15, 0.2) is 41.3 Å². The fourth-order valence-corrected chi connectivity index (χ4v) is 3.30. The van der Waals surface area contributed by atoms with Crippen LogP contribution in [-0.4, -0.2) is 67.2 Å². The third-order valence-corrected chi connectivity index (χ3v) is 4.97. The Morgan fingerprint density at radius 3 is 2.56 bits per heavy atom.